The molecule has 2 aliphatic rings. The van der Waals surface area contributed by atoms with Crippen molar-refractivity contribution >= 4 is 23.8 Å². The molecule has 140 valence electrons. The van der Waals surface area contributed by atoms with Crippen LogP contribution >= 0.6 is 0 Å². The minimum atomic E-state index is -1.06. The molecular formula is C16H26N4O5. The number of amidine groups is 1. The number of carboxylic acids is 1. The fraction of sp³-hybridized carbons (Fsp3) is 0.750. The predicted octanol–water partition coefficient (Wildman–Crippen LogP) is 0.771. The number of nitrogens with one attached hydrogen (secondary N) is 1. The van der Waals surface area contributed by atoms with Gasteiger partial charge in [-0.3, -0.25) is 19.9 Å². The molecule has 0 aliphatic carbocycles. The molecule has 0 saturated carbocycles. The number of aliphatic carboxylic acids is 1. The molecule has 0 aromatic carbocycles. The van der Waals surface area contributed by atoms with Crippen LogP contribution in [0.2, 0.25) is 0 Å². The molecule has 9 nitrogen and oxygen atoms in total. The number of carbonyl (C=O) groups is 3. The van der Waals surface area contributed by atoms with E-state index < -0.39 is 17.7 Å². The highest BCUT2D eigenvalue weighted by Gasteiger charge is 2.47. The molecule has 25 heavy (non-hydrogen) atoms. The van der Waals surface area contributed by atoms with Crippen molar-refractivity contribution in [3.8, 4) is 0 Å². The zero-order chi connectivity index (χ0) is 18.4. The lowest BCUT2D eigenvalue weighted by atomic mass is 9.91. The Labute approximate surface area is 146 Å². The van der Waals surface area contributed by atoms with Gasteiger partial charge in [0, 0.05) is 38.8 Å². The number of hydrogen-bond acceptors (Lipinski definition) is 5. The molecule has 4 N–H and O–H groups in total. The molecule has 0 atom stereocenters. The average molecular weight is 354 g/mol. The molecule has 9 heteroatoms. The van der Waals surface area contributed by atoms with Crippen LogP contribution < -0.4 is 5.73 Å². The van der Waals surface area contributed by atoms with Crippen molar-refractivity contribution in [3.63, 3.8) is 0 Å². The standard InChI is InChI=1S/C16H26N4O5/c17-12(18)4-2-1-3-5-13(21)19-8-6-16(7-9-19)11-20(10-14(22)23)15(24)25-16/h1-11H2,(H3,17,18)(H,22,23). The minimum absolute atomic E-state index is 0.0874. The number of amides is 2. The Hall–Kier alpha value is -2.32. The second-order valence-corrected chi connectivity index (χ2v) is 6.77. The second-order valence-electron chi connectivity index (χ2n) is 6.77. The number of nitrogens with two attached hydrogens (primary N) is 1. The highest BCUT2D eigenvalue weighted by Crippen LogP contribution is 2.33. The van der Waals surface area contributed by atoms with Gasteiger partial charge in [-0.2, -0.15) is 0 Å². The summed E-state index contributed by atoms with van der Waals surface area (Å²) >= 11 is 0. The Morgan fingerprint density at radius 3 is 2.44 bits per heavy atom. The van der Waals surface area contributed by atoms with Gasteiger partial charge in [-0.15, -0.1) is 0 Å². The maximum Gasteiger partial charge on any atom is 0.411 e. The van der Waals surface area contributed by atoms with E-state index in [1.165, 1.54) is 4.90 Å². The van der Waals surface area contributed by atoms with Crippen molar-refractivity contribution in [2.45, 2.75) is 50.5 Å². The van der Waals surface area contributed by atoms with E-state index in [1.807, 2.05) is 0 Å². The lowest BCUT2D eigenvalue weighted by molar-refractivity contribution is -0.137. The van der Waals surface area contributed by atoms with Gasteiger partial charge >= 0.3 is 12.1 Å². The number of likely N-dealkylation sites (tertiary alicyclic amines) is 1. The maximum atomic E-state index is 12.2. The molecule has 2 fully saturated rings. The molecule has 2 amide bonds. The quantitative estimate of drug-likeness (QED) is 0.334. The van der Waals surface area contributed by atoms with Crippen molar-refractivity contribution in [1.29, 1.82) is 5.41 Å². The van der Waals surface area contributed by atoms with Crippen LogP contribution in [-0.2, 0) is 14.3 Å². The Morgan fingerprint density at radius 2 is 1.84 bits per heavy atom. The first kappa shape index (κ1) is 19.0. The zero-order valence-corrected chi connectivity index (χ0v) is 14.3. The molecule has 0 radical (unpaired) electrons. The Morgan fingerprint density at radius 1 is 1.20 bits per heavy atom. The fourth-order valence-corrected chi connectivity index (χ4v) is 3.33. The predicted molar refractivity (Wildman–Crippen MR) is 89.2 cm³/mol. The van der Waals surface area contributed by atoms with Crippen molar-refractivity contribution in [3.05, 3.63) is 0 Å². The third-order valence-electron chi connectivity index (χ3n) is 4.73. The fourth-order valence-electron chi connectivity index (χ4n) is 3.33. The van der Waals surface area contributed by atoms with Crippen LogP contribution in [0.25, 0.3) is 0 Å². The highest BCUT2D eigenvalue weighted by atomic mass is 16.6. The first-order valence-corrected chi connectivity index (χ1v) is 8.62. The van der Waals surface area contributed by atoms with Crippen LogP contribution in [0, 0.1) is 5.41 Å². The van der Waals surface area contributed by atoms with E-state index in [0.717, 1.165) is 19.3 Å². The van der Waals surface area contributed by atoms with Crippen molar-refractivity contribution < 1.29 is 24.2 Å². The lowest BCUT2D eigenvalue weighted by Gasteiger charge is -2.37. The largest absolute Gasteiger partial charge is 0.480 e. The number of rotatable bonds is 8. The van der Waals surface area contributed by atoms with Gasteiger partial charge in [0.25, 0.3) is 0 Å². The molecular weight excluding hydrogens is 328 g/mol. The average Bonchev–Trinajstić information content (AvgIpc) is 2.82. The zero-order valence-electron chi connectivity index (χ0n) is 14.3. The van der Waals surface area contributed by atoms with Crippen LogP contribution in [0.3, 0.4) is 0 Å². The van der Waals surface area contributed by atoms with Gasteiger partial charge in [0.2, 0.25) is 5.91 Å². The van der Waals surface area contributed by atoms with E-state index in [-0.39, 0.29) is 24.8 Å². The summed E-state index contributed by atoms with van der Waals surface area (Å²) in [5.74, 6) is -0.800. The number of carboxylic acid groups (broad SMARTS) is 1. The molecule has 0 aromatic rings. The monoisotopic (exact) mass is 354 g/mol. The summed E-state index contributed by atoms with van der Waals surface area (Å²) in [6.07, 6.45) is 3.97. The molecule has 0 bridgehead atoms. The summed E-state index contributed by atoms with van der Waals surface area (Å²) in [7, 11) is 0. The van der Waals surface area contributed by atoms with E-state index in [9.17, 15) is 14.4 Å². The van der Waals surface area contributed by atoms with Gasteiger partial charge in [0.1, 0.15) is 12.1 Å². The molecule has 0 unspecified atom stereocenters. The smallest absolute Gasteiger partial charge is 0.411 e. The number of hydrogen-bond donors (Lipinski definition) is 3. The highest BCUT2D eigenvalue weighted by molar-refractivity contribution is 5.79. The first-order chi connectivity index (χ1) is 11.8. The van der Waals surface area contributed by atoms with E-state index in [2.05, 4.69) is 0 Å². The molecule has 1 spiro atoms. The molecule has 2 saturated heterocycles. The Kier molecular flexibility index (Phi) is 6.22. The van der Waals surface area contributed by atoms with Gasteiger partial charge in [-0.1, -0.05) is 6.42 Å². The van der Waals surface area contributed by atoms with Crippen molar-refractivity contribution in [1.82, 2.24) is 9.80 Å². The number of nitrogens with zero attached hydrogens (tertiary/aromatic N) is 2. The summed E-state index contributed by atoms with van der Waals surface area (Å²) in [5.41, 5.74) is 4.63. The summed E-state index contributed by atoms with van der Waals surface area (Å²) in [6.45, 7) is 0.940. The lowest BCUT2D eigenvalue weighted by Crippen LogP contribution is -2.48. The number of unbranched alkanes of at least 4 members (excludes halogenated alkanes) is 2. The van der Waals surface area contributed by atoms with Crippen molar-refractivity contribution in [2.75, 3.05) is 26.2 Å². The van der Waals surface area contributed by atoms with E-state index in [4.69, 9.17) is 21.0 Å². The van der Waals surface area contributed by atoms with Crippen LogP contribution in [0.5, 0.6) is 0 Å². The summed E-state index contributed by atoms with van der Waals surface area (Å²) in [5, 5.41) is 16.0. The van der Waals surface area contributed by atoms with Crippen LogP contribution in [0.15, 0.2) is 0 Å². The maximum absolute atomic E-state index is 12.2. The molecule has 2 aliphatic heterocycles. The van der Waals surface area contributed by atoms with E-state index >= 15 is 0 Å². The third-order valence-corrected chi connectivity index (χ3v) is 4.73. The van der Waals surface area contributed by atoms with Gasteiger partial charge in [0.05, 0.1) is 12.4 Å². The molecule has 2 rings (SSSR count). The van der Waals surface area contributed by atoms with Gasteiger partial charge < -0.3 is 20.5 Å². The minimum Gasteiger partial charge on any atom is -0.480 e. The SMILES string of the molecule is N=C(N)CCCCCC(=O)N1CCC2(CC1)CN(CC(=O)O)C(=O)O2. The van der Waals surface area contributed by atoms with Gasteiger partial charge in [0.15, 0.2) is 0 Å². The van der Waals surface area contributed by atoms with E-state index in [0.29, 0.717) is 38.8 Å². The number of piperidine rings is 1. The Balaban J connectivity index is 1.72. The third kappa shape index (κ3) is 5.33. The number of ether oxygens (including phenoxy) is 1. The van der Waals surface area contributed by atoms with Crippen LogP contribution in [-0.4, -0.2) is 70.5 Å². The van der Waals surface area contributed by atoms with Crippen LogP contribution in [0.4, 0.5) is 4.79 Å². The second kappa shape index (κ2) is 8.17. The van der Waals surface area contributed by atoms with Crippen molar-refractivity contribution in [2.24, 2.45) is 5.73 Å². The molecule has 2 heterocycles. The normalized spacial score (nSPS) is 19.1. The Bertz CT molecular complexity index is 543. The van der Waals surface area contributed by atoms with Crippen LogP contribution in [0.1, 0.15) is 44.9 Å². The topological polar surface area (TPSA) is 137 Å². The van der Waals surface area contributed by atoms with Gasteiger partial charge in [-0.25, -0.2) is 4.79 Å². The van der Waals surface area contributed by atoms with Gasteiger partial charge in [-0.05, 0) is 12.8 Å². The summed E-state index contributed by atoms with van der Waals surface area (Å²) in [6, 6.07) is 0. The van der Waals surface area contributed by atoms with E-state index in [1.54, 1.807) is 4.90 Å². The summed E-state index contributed by atoms with van der Waals surface area (Å²) in [4.78, 5) is 37.8. The molecule has 0 aromatic heterocycles. The summed E-state index contributed by atoms with van der Waals surface area (Å²) < 4.78 is 5.42. The number of carbonyl (C=O) groups excluding carboxylic acids is 2. The first-order valence-electron chi connectivity index (χ1n) is 8.62.